The lowest BCUT2D eigenvalue weighted by atomic mass is 9.91. The number of ether oxygens (including phenoxy) is 1. The minimum Gasteiger partial charge on any atom is -0.489 e. The zero-order valence-corrected chi connectivity index (χ0v) is 17.7. The number of aromatic amines is 1. The summed E-state index contributed by atoms with van der Waals surface area (Å²) >= 11 is 0. The molecule has 2 amide bonds. The van der Waals surface area contributed by atoms with Gasteiger partial charge in [0.15, 0.2) is 9.84 Å². The molecule has 0 bridgehead atoms. The molecule has 1 aromatic heterocycles. The predicted octanol–water partition coefficient (Wildman–Crippen LogP) is 2.95. The number of hydrogen-bond acceptors (Lipinski definition) is 6. The fraction of sp³-hybridized carbons (Fsp3) is 0.318. The minimum atomic E-state index is -3.53. The van der Waals surface area contributed by atoms with Crippen LogP contribution >= 0.6 is 0 Å². The number of hydrogen-bond donors (Lipinski definition) is 1. The predicted molar refractivity (Wildman–Crippen MR) is 113 cm³/mol. The minimum absolute atomic E-state index is 0.126. The second-order valence-electron chi connectivity index (χ2n) is 8.07. The van der Waals surface area contributed by atoms with Gasteiger partial charge in [-0.2, -0.15) is 5.10 Å². The van der Waals surface area contributed by atoms with Crippen LogP contribution in [0.3, 0.4) is 0 Å². The molecule has 1 fully saturated rings. The van der Waals surface area contributed by atoms with Crippen LogP contribution in [0.1, 0.15) is 46.4 Å². The Hall–Kier alpha value is -3.20. The second kappa shape index (κ2) is 7.19. The average molecular weight is 439 g/mol. The van der Waals surface area contributed by atoms with Crippen molar-refractivity contribution in [2.45, 2.75) is 42.7 Å². The summed E-state index contributed by atoms with van der Waals surface area (Å²) in [5, 5.41) is 7.21. The van der Waals surface area contributed by atoms with Gasteiger partial charge in [-0.3, -0.25) is 19.6 Å². The number of benzene rings is 2. The first-order chi connectivity index (χ1) is 14.8. The summed E-state index contributed by atoms with van der Waals surface area (Å²) in [4.78, 5) is 27.0. The third-order valence-corrected chi connectivity index (χ3v) is 7.20. The molecular weight excluding hydrogens is 418 g/mol. The highest BCUT2D eigenvalue weighted by Crippen LogP contribution is 2.36. The molecule has 9 heteroatoms. The molecule has 2 aromatic carbocycles. The zero-order chi connectivity index (χ0) is 21.8. The Bertz CT molecular complexity index is 1270. The van der Waals surface area contributed by atoms with Crippen LogP contribution in [0.5, 0.6) is 5.75 Å². The largest absolute Gasteiger partial charge is 0.489 e. The number of nitrogens with zero attached hydrogens (tertiary/aromatic N) is 2. The number of fused-ring (bicyclic) bond motifs is 2. The molecule has 0 atom stereocenters. The van der Waals surface area contributed by atoms with Gasteiger partial charge >= 0.3 is 0 Å². The topological polar surface area (TPSA) is 109 Å². The van der Waals surface area contributed by atoms with E-state index in [1.807, 2.05) is 0 Å². The molecule has 2 heterocycles. The normalized spacial score (nSPS) is 21.5. The summed E-state index contributed by atoms with van der Waals surface area (Å²) in [5.41, 5.74) is 1.54. The van der Waals surface area contributed by atoms with Crippen LogP contribution in [0.25, 0.3) is 10.9 Å². The molecule has 0 saturated heterocycles. The number of nitrogens with one attached hydrogen (secondary N) is 1. The number of H-pyrrole nitrogens is 1. The second-order valence-corrected chi connectivity index (χ2v) is 10.0. The van der Waals surface area contributed by atoms with Crippen molar-refractivity contribution in [2.75, 3.05) is 6.26 Å². The lowest BCUT2D eigenvalue weighted by molar-refractivity contribution is 0.0476. The average Bonchev–Trinajstić information content (AvgIpc) is 3.31. The number of amides is 2. The maximum atomic E-state index is 12.7. The van der Waals surface area contributed by atoms with Crippen molar-refractivity contribution in [3.05, 3.63) is 53.7 Å². The van der Waals surface area contributed by atoms with E-state index < -0.39 is 9.84 Å². The van der Waals surface area contributed by atoms with Gasteiger partial charge in [-0.25, -0.2) is 8.42 Å². The lowest BCUT2D eigenvalue weighted by Crippen LogP contribution is -2.43. The molecule has 5 rings (SSSR count). The molecule has 0 unspecified atom stereocenters. The highest BCUT2D eigenvalue weighted by Gasteiger charge is 2.41. The van der Waals surface area contributed by atoms with E-state index in [9.17, 15) is 18.0 Å². The van der Waals surface area contributed by atoms with Crippen molar-refractivity contribution in [2.24, 2.45) is 0 Å². The van der Waals surface area contributed by atoms with Crippen molar-refractivity contribution in [1.82, 2.24) is 15.1 Å². The number of rotatable bonds is 4. The molecule has 1 saturated carbocycles. The van der Waals surface area contributed by atoms with Crippen LogP contribution in [0, 0.1) is 0 Å². The SMILES string of the molecule is CS(=O)(=O)c1c(OC2CCC(N3C(=O)c4ccccc4C3=O)CC2)ccc2[nH]ncc12. The fourth-order valence-electron chi connectivity index (χ4n) is 4.59. The van der Waals surface area contributed by atoms with Crippen LogP contribution in [-0.2, 0) is 9.84 Å². The van der Waals surface area contributed by atoms with Crippen LogP contribution in [0.4, 0.5) is 0 Å². The molecule has 8 nitrogen and oxygen atoms in total. The van der Waals surface area contributed by atoms with Crippen molar-refractivity contribution in [3.63, 3.8) is 0 Å². The van der Waals surface area contributed by atoms with Gasteiger partial charge in [0.1, 0.15) is 10.6 Å². The van der Waals surface area contributed by atoms with Gasteiger partial charge in [0.05, 0.1) is 28.9 Å². The molecule has 31 heavy (non-hydrogen) atoms. The van der Waals surface area contributed by atoms with Crippen LogP contribution < -0.4 is 4.74 Å². The standard InChI is InChI=1S/C22H21N3O5S/c1-31(28,29)20-17-12-23-24-18(17)10-11-19(20)30-14-8-6-13(7-9-14)25-21(26)15-4-2-3-5-16(15)22(25)27/h2-5,10-14H,6-9H2,1H3,(H,23,24). The first-order valence-electron chi connectivity index (χ1n) is 10.1. The van der Waals surface area contributed by atoms with E-state index >= 15 is 0 Å². The van der Waals surface area contributed by atoms with Crippen LogP contribution in [0.15, 0.2) is 47.5 Å². The number of carbonyl (C=O) groups excluding carboxylic acids is 2. The molecule has 1 aliphatic carbocycles. The highest BCUT2D eigenvalue weighted by atomic mass is 32.2. The quantitative estimate of drug-likeness (QED) is 0.626. The van der Waals surface area contributed by atoms with E-state index in [-0.39, 0.29) is 28.9 Å². The molecule has 3 aromatic rings. The van der Waals surface area contributed by atoms with E-state index in [2.05, 4.69) is 10.2 Å². The molecule has 0 spiro atoms. The van der Waals surface area contributed by atoms with Crippen molar-refractivity contribution >= 4 is 32.6 Å². The number of sulfone groups is 1. The summed E-state index contributed by atoms with van der Waals surface area (Å²) in [6, 6.07) is 10.1. The Morgan fingerprint density at radius 1 is 1.00 bits per heavy atom. The first-order valence-corrected chi connectivity index (χ1v) is 12.0. The Morgan fingerprint density at radius 2 is 1.65 bits per heavy atom. The van der Waals surface area contributed by atoms with Crippen molar-refractivity contribution in [1.29, 1.82) is 0 Å². The third-order valence-electron chi connectivity index (χ3n) is 6.04. The van der Waals surface area contributed by atoms with Crippen molar-refractivity contribution < 1.29 is 22.7 Å². The summed E-state index contributed by atoms with van der Waals surface area (Å²) in [7, 11) is -3.53. The third kappa shape index (κ3) is 3.29. The summed E-state index contributed by atoms with van der Waals surface area (Å²) in [6.45, 7) is 0. The molecule has 160 valence electrons. The van der Waals surface area contributed by atoms with E-state index in [0.717, 1.165) is 6.26 Å². The fourth-order valence-corrected chi connectivity index (χ4v) is 5.63. The molecular formula is C22H21N3O5S. The Labute approximate surface area is 179 Å². The van der Waals surface area contributed by atoms with Crippen molar-refractivity contribution in [3.8, 4) is 5.75 Å². The van der Waals surface area contributed by atoms with Gasteiger partial charge in [-0.1, -0.05) is 12.1 Å². The smallest absolute Gasteiger partial charge is 0.261 e. The zero-order valence-electron chi connectivity index (χ0n) is 16.9. The number of aromatic nitrogens is 2. The molecule has 1 aliphatic heterocycles. The lowest BCUT2D eigenvalue weighted by Gasteiger charge is -2.33. The van der Waals surface area contributed by atoms with E-state index in [1.54, 1.807) is 36.4 Å². The number of carbonyl (C=O) groups is 2. The summed E-state index contributed by atoms with van der Waals surface area (Å²) < 4.78 is 30.9. The van der Waals surface area contributed by atoms with Gasteiger partial charge in [0.25, 0.3) is 11.8 Å². The van der Waals surface area contributed by atoms with Gasteiger partial charge < -0.3 is 4.74 Å². The Kier molecular flexibility index (Phi) is 4.58. The number of imide groups is 1. The van der Waals surface area contributed by atoms with Crippen LogP contribution in [0.2, 0.25) is 0 Å². The summed E-state index contributed by atoms with van der Waals surface area (Å²) in [5.74, 6) is -0.176. The molecule has 2 aliphatic rings. The first kappa shape index (κ1) is 19.7. The van der Waals surface area contributed by atoms with E-state index in [4.69, 9.17) is 4.74 Å². The van der Waals surface area contributed by atoms with E-state index in [1.165, 1.54) is 11.1 Å². The monoisotopic (exact) mass is 439 g/mol. The molecule has 0 radical (unpaired) electrons. The molecule has 1 N–H and O–H groups in total. The van der Waals surface area contributed by atoms with Gasteiger partial charge in [-0.05, 0) is 49.9 Å². The Balaban J connectivity index is 1.33. The van der Waals surface area contributed by atoms with E-state index in [0.29, 0.717) is 53.5 Å². The maximum Gasteiger partial charge on any atom is 0.261 e. The summed E-state index contributed by atoms with van der Waals surface area (Å²) in [6.07, 6.45) is 4.89. The van der Waals surface area contributed by atoms with Crippen LogP contribution in [-0.4, -0.2) is 53.7 Å². The Morgan fingerprint density at radius 3 is 2.26 bits per heavy atom. The van der Waals surface area contributed by atoms with Gasteiger partial charge in [0, 0.05) is 17.7 Å². The van der Waals surface area contributed by atoms with Gasteiger partial charge in [0.2, 0.25) is 0 Å². The highest BCUT2D eigenvalue weighted by molar-refractivity contribution is 7.91. The van der Waals surface area contributed by atoms with Gasteiger partial charge in [-0.15, -0.1) is 0 Å². The maximum absolute atomic E-state index is 12.7.